The second-order valence-corrected chi connectivity index (χ2v) is 12.9. The maximum absolute atomic E-state index is 13.3. The number of hydrogen-bond acceptors (Lipinski definition) is 9. The number of nitrogens with one attached hydrogen (secondary N) is 1. The monoisotopic (exact) mass is 562 g/mol. The lowest BCUT2D eigenvalue weighted by Crippen LogP contribution is -2.33. The van der Waals surface area contributed by atoms with Gasteiger partial charge < -0.3 is 15.0 Å². The standard InChI is InChI=1S/C28H34N8O3S/c1-7-14-35-27(37)22-17-29-28(30-20-10-8-19-16-21(34(2)3)11-9-18(19)15-20)32-26(22)36(35)24-13-12-23(39-4)25(31-24)33-40(5,6)38/h7-8,10,12-13,15,17,21H,1,9,11,14,16H2,2-6H3,(H,29,30,32). The van der Waals surface area contributed by atoms with Crippen LogP contribution in [0.3, 0.4) is 0 Å². The third-order valence-electron chi connectivity index (χ3n) is 6.94. The smallest absolute Gasteiger partial charge is 0.278 e. The number of rotatable bonds is 8. The third kappa shape index (κ3) is 5.50. The first-order valence-corrected chi connectivity index (χ1v) is 15.3. The molecule has 4 aromatic rings. The molecule has 0 fully saturated rings. The number of aromatic nitrogens is 5. The molecule has 1 aromatic carbocycles. The second-order valence-electron chi connectivity index (χ2n) is 10.4. The van der Waals surface area contributed by atoms with E-state index in [0.29, 0.717) is 34.6 Å². The summed E-state index contributed by atoms with van der Waals surface area (Å²) < 4.78 is 25.2. The van der Waals surface area contributed by atoms with E-state index >= 15 is 0 Å². The van der Waals surface area contributed by atoms with Crippen LogP contribution in [-0.2, 0) is 29.1 Å². The molecule has 1 unspecified atom stereocenters. The van der Waals surface area contributed by atoms with Crippen molar-refractivity contribution in [2.45, 2.75) is 31.8 Å². The first kappa shape index (κ1) is 27.5. The lowest BCUT2D eigenvalue weighted by molar-refractivity contribution is 0.268. The molecule has 3 heterocycles. The molecule has 0 radical (unpaired) electrons. The van der Waals surface area contributed by atoms with Gasteiger partial charge in [0.1, 0.15) is 5.39 Å². The average molecular weight is 563 g/mol. The average Bonchev–Trinajstić information content (AvgIpc) is 3.18. The Morgan fingerprint density at radius 2 is 2.02 bits per heavy atom. The third-order valence-corrected chi connectivity index (χ3v) is 7.55. The zero-order valence-corrected chi connectivity index (χ0v) is 24.2. The summed E-state index contributed by atoms with van der Waals surface area (Å²) in [6.07, 6.45) is 9.33. The zero-order valence-electron chi connectivity index (χ0n) is 23.4. The number of pyridine rings is 1. The van der Waals surface area contributed by atoms with Crippen molar-refractivity contribution in [2.75, 3.05) is 39.0 Å². The highest BCUT2D eigenvalue weighted by atomic mass is 32.2. The maximum atomic E-state index is 13.3. The fourth-order valence-corrected chi connectivity index (χ4v) is 5.52. The molecular formula is C28H34N8O3S. The molecule has 1 N–H and O–H groups in total. The van der Waals surface area contributed by atoms with Gasteiger partial charge >= 0.3 is 0 Å². The lowest BCUT2D eigenvalue weighted by atomic mass is 9.87. The molecular weight excluding hydrogens is 528 g/mol. The molecule has 0 aliphatic heterocycles. The van der Waals surface area contributed by atoms with Crippen LogP contribution in [0.5, 0.6) is 5.75 Å². The number of likely N-dealkylation sites (N-methyl/N-ethyl adjacent to an activating group) is 1. The van der Waals surface area contributed by atoms with Crippen molar-refractivity contribution in [3.05, 3.63) is 70.7 Å². The van der Waals surface area contributed by atoms with Crippen molar-refractivity contribution in [3.63, 3.8) is 0 Å². The minimum atomic E-state index is -2.52. The predicted molar refractivity (Wildman–Crippen MR) is 159 cm³/mol. The van der Waals surface area contributed by atoms with Crippen LogP contribution in [0, 0.1) is 0 Å². The highest BCUT2D eigenvalue weighted by Gasteiger charge is 2.22. The van der Waals surface area contributed by atoms with Crippen molar-refractivity contribution in [1.29, 1.82) is 0 Å². The van der Waals surface area contributed by atoms with Crippen LogP contribution in [0.1, 0.15) is 17.5 Å². The first-order chi connectivity index (χ1) is 19.1. The Morgan fingerprint density at radius 3 is 2.73 bits per heavy atom. The molecule has 11 nitrogen and oxygen atoms in total. The van der Waals surface area contributed by atoms with Gasteiger partial charge in [-0.3, -0.25) is 4.79 Å². The number of anilines is 2. The summed E-state index contributed by atoms with van der Waals surface area (Å²) in [5, 5.41) is 3.64. The fraction of sp³-hybridized carbons (Fsp3) is 0.357. The van der Waals surface area contributed by atoms with Crippen molar-refractivity contribution >= 4 is 38.2 Å². The maximum Gasteiger partial charge on any atom is 0.278 e. The highest BCUT2D eigenvalue weighted by Crippen LogP contribution is 2.29. The number of ether oxygens (including phenoxy) is 1. The zero-order chi connectivity index (χ0) is 28.6. The van der Waals surface area contributed by atoms with Crippen LogP contribution in [0.25, 0.3) is 16.9 Å². The number of fused-ring (bicyclic) bond motifs is 2. The van der Waals surface area contributed by atoms with Gasteiger partial charge in [0, 0.05) is 40.2 Å². The molecule has 3 aromatic heterocycles. The molecule has 1 aliphatic rings. The van der Waals surface area contributed by atoms with E-state index < -0.39 is 9.73 Å². The Balaban J connectivity index is 1.58. The quantitative estimate of drug-likeness (QED) is 0.323. The molecule has 5 rings (SSSR count). The van der Waals surface area contributed by atoms with Gasteiger partial charge in [-0.2, -0.15) is 9.35 Å². The van der Waals surface area contributed by atoms with E-state index in [4.69, 9.17) is 9.72 Å². The van der Waals surface area contributed by atoms with Crippen LogP contribution in [-0.4, -0.2) is 73.2 Å². The number of hydrogen-bond donors (Lipinski definition) is 1. The van der Waals surface area contributed by atoms with Crippen LogP contribution in [0.15, 0.2) is 58.3 Å². The summed E-state index contributed by atoms with van der Waals surface area (Å²) in [5.74, 6) is 1.26. The number of aryl methyl sites for hydroxylation is 1. The highest BCUT2D eigenvalue weighted by molar-refractivity contribution is 7.92. The van der Waals surface area contributed by atoms with E-state index in [2.05, 4.69) is 57.4 Å². The van der Waals surface area contributed by atoms with Gasteiger partial charge in [-0.25, -0.2) is 23.5 Å². The molecule has 210 valence electrons. The number of nitrogens with zero attached hydrogens (tertiary/aromatic N) is 7. The van der Waals surface area contributed by atoms with Crippen molar-refractivity contribution < 1.29 is 8.95 Å². The van der Waals surface area contributed by atoms with Crippen molar-refractivity contribution in [2.24, 2.45) is 4.36 Å². The van der Waals surface area contributed by atoms with E-state index in [1.165, 1.54) is 41.6 Å². The Bertz CT molecular complexity index is 1770. The van der Waals surface area contributed by atoms with Gasteiger partial charge in [-0.15, -0.1) is 6.58 Å². The first-order valence-electron chi connectivity index (χ1n) is 12.9. The van der Waals surface area contributed by atoms with Gasteiger partial charge in [0.15, 0.2) is 17.2 Å². The number of methoxy groups -OCH3 is 1. The van der Waals surface area contributed by atoms with Gasteiger partial charge in [0.25, 0.3) is 5.56 Å². The van der Waals surface area contributed by atoms with E-state index in [1.54, 1.807) is 22.9 Å². The molecule has 0 saturated heterocycles. The van der Waals surface area contributed by atoms with Gasteiger partial charge in [0.05, 0.1) is 13.7 Å². The van der Waals surface area contributed by atoms with E-state index in [0.717, 1.165) is 24.9 Å². The summed E-state index contributed by atoms with van der Waals surface area (Å²) in [6, 6.07) is 10.3. The molecule has 0 amide bonds. The molecule has 1 atom stereocenters. The Labute approximate surface area is 233 Å². The SMILES string of the molecule is C=CCn1c(=O)c2cnc(Nc3ccc4c(c3)CCC(N(C)C)C4)nc2n1-c1ccc(OC)c(N=S(C)(C)=O)n1. The van der Waals surface area contributed by atoms with Gasteiger partial charge in [-0.05, 0) is 68.8 Å². The lowest BCUT2D eigenvalue weighted by Gasteiger charge is -2.30. The number of benzene rings is 1. The Kier molecular flexibility index (Phi) is 7.47. The minimum absolute atomic E-state index is 0.174. The predicted octanol–water partition coefficient (Wildman–Crippen LogP) is 3.69. The summed E-state index contributed by atoms with van der Waals surface area (Å²) in [4.78, 5) is 29.4. The summed E-state index contributed by atoms with van der Waals surface area (Å²) >= 11 is 0. The Morgan fingerprint density at radius 1 is 1.23 bits per heavy atom. The fourth-order valence-electron chi connectivity index (χ4n) is 4.97. The van der Waals surface area contributed by atoms with Gasteiger partial charge in [-0.1, -0.05) is 12.1 Å². The van der Waals surface area contributed by atoms with Gasteiger partial charge in [0.2, 0.25) is 11.8 Å². The second kappa shape index (κ2) is 10.9. The van der Waals surface area contributed by atoms with Crippen LogP contribution in [0.4, 0.5) is 17.5 Å². The summed E-state index contributed by atoms with van der Waals surface area (Å²) in [5.41, 5.74) is 3.65. The largest absolute Gasteiger partial charge is 0.493 e. The summed E-state index contributed by atoms with van der Waals surface area (Å²) in [6.45, 7) is 4.01. The summed E-state index contributed by atoms with van der Waals surface area (Å²) in [7, 11) is 3.23. The van der Waals surface area contributed by atoms with E-state index in [1.807, 2.05) is 6.07 Å². The molecule has 0 bridgehead atoms. The normalized spacial score (nSPS) is 15.2. The minimum Gasteiger partial charge on any atom is -0.493 e. The van der Waals surface area contributed by atoms with E-state index in [-0.39, 0.29) is 17.9 Å². The molecule has 40 heavy (non-hydrogen) atoms. The topological polar surface area (TPSA) is 120 Å². The van der Waals surface area contributed by atoms with E-state index in [9.17, 15) is 9.00 Å². The molecule has 0 spiro atoms. The van der Waals surface area contributed by atoms with Crippen molar-refractivity contribution in [3.8, 4) is 11.6 Å². The molecule has 0 saturated carbocycles. The molecule has 1 aliphatic carbocycles. The van der Waals surface area contributed by atoms with Crippen molar-refractivity contribution in [1.82, 2.24) is 29.2 Å². The number of allylic oxidation sites excluding steroid dienone is 1. The van der Waals surface area contributed by atoms with Crippen LogP contribution >= 0.6 is 0 Å². The van der Waals surface area contributed by atoms with Crippen LogP contribution < -0.4 is 15.6 Å². The molecule has 12 heteroatoms. The Hall–Kier alpha value is -4.03. The van der Waals surface area contributed by atoms with Crippen LogP contribution in [0.2, 0.25) is 0 Å².